The van der Waals surface area contributed by atoms with E-state index in [1.807, 2.05) is 6.07 Å². The first kappa shape index (κ1) is 16.6. The van der Waals surface area contributed by atoms with Crippen LogP contribution in [0.1, 0.15) is 26.3 Å². The molecule has 3 rings (SSSR count). The molecule has 7 nitrogen and oxygen atoms in total. The molecule has 0 fully saturated rings. The number of fused-ring (bicyclic) bond motifs is 2. The molecule has 1 spiro atoms. The predicted octanol–water partition coefficient (Wildman–Crippen LogP) is 1.37. The van der Waals surface area contributed by atoms with Gasteiger partial charge in [0.1, 0.15) is 17.4 Å². The van der Waals surface area contributed by atoms with Gasteiger partial charge < -0.3 is 20.5 Å². The van der Waals surface area contributed by atoms with E-state index in [4.69, 9.17) is 15.2 Å². The molecule has 1 unspecified atom stereocenters. The molecule has 0 saturated heterocycles. The van der Waals surface area contributed by atoms with Gasteiger partial charge in [0.15, 0.2) is 5.41 Å². The van der Waals surface area contributed by atoms with Crippen molar-refractivity contribution in [3.8, 4) is 11.8 Å². The number of amides is 1. The third-order valence-corrected chi connectivity index (χ3v) is 4.18. The summed E-state index contributed by atoms with van der Waals surface area (Å²) >= 11 is 0. The summed E-state index contributed by atoms with van der Waals surface area (Å²) < 4.78 is 10.8. The van der Waals surface area contributed by atoms with Crippen LogP contribution in [0.2, 0.25) is 0 Å². The molecule has 128 valence electrons. The molecular formula is C18H17N3O4. The van der Waals surface area contributed by atoms with Crippen LogP contribution in [0, 0.1) is 11.3 Å². The topological polar surface area (TPSA) is 114 Å². The summed E-state index contributed by atoms with van der Waals surface area (Å²) in [5.74, 6) is -1.10. The monoisotopic (exact) mass is 339 g/mol. The molecule has 2 aliphatic heterocycles. The van der Waals surface area contributed by atoms with Crippen LogP contribution in [0.4, 0.5) is 0 Å². The van der Waals surface area contributed by atoms with Crippen LogP contribution in [0.3, 0.4) is 0 Å². The fourth-order valence-electron chi connectivity index (χ4n) is 3.29. The Bertz CT molecular complexity index is 892. The molecule has 7 heteroatoms. The van der Waals surface area contributed by atoms with E-state index in [1.54, 1.807) is 45.0 Å². The van der Waals surface area contributed by atoms with E-state index in [1.165, 1.54) is 0 Å². The van der Waals surface area contributed by atoms with Crippen molar-refractivity contribution >= 4 is 11.9 Å². The molecule has 1 aromatic rings. The summed E-state index contributed by atoms with van der Waals surface area (Å²) in [5, 5.41) is 12.3. The lowest BCUT2D eigenvalue weighted by atomic mass is 9.68. The van der Waals surface area contributed by atoms with Crippen molar-refractivity contribution in [1.82, 2.24) is 5.32 Å². The lowest BCUT2D eigenvalue weighted by molar-refractivity contribution is -0.144. The Morgan fingerprint density at radius 3 is 2.72 bits per heavy atom. The highest BCUT2D eigenvalue weighted by atomic mass is 16.5. The Morgan fingerprint density at radius 1 is 1.40 bits per heavy atom. The fourth-order valence-corrected chi connectivity index (χ4v) is 3.29. The number of nitrogens with zero attached hydrogens (tertiary/aromatic N) is 1. The number of nitrogens with one attached hydrogen (secondary N) is 1. The van der Waals surface area contributed by atoms with E-state index >= 15 is 0 Å². The summed E-state index contributed by atoms with van der Waals surface area (Å²) in [4.78, 5) is 25.8. The van der Waals surface area contributed by atoms with E-state index in [0.717, 1.165) is 0 Å². The molecule has 2 heterocycles. The highest BCUT2D eigenvalue weighted by Gasteiger charge is 2.59. The van der Waals surface area contributed by atoms with Crippen molar-refractivity contribution in [3.05, 3.63) is 52.6 Å². The van der Waals surface area contributed by atoms with Crippen molar-refractivity contribution in [1.29, 1.82) is 5.26 Å². The lowest BCUT2D eigenvalue weighted by Crippen LogP contribution is -2.46. The third kappa shape index (κ3) is 2.18. The average molecular weight is 339 g/mol. The Kier molecular flexibility index (Phi) is 3.76. The van der Waals surface area contributed by atoms with Gasteiger partial charge in [-0.2, -0.15) is 5.26 Å². The van der Waals surface area contributed by atoms with Gasteiger partial charge in [-0.1, -0.05) is 18.2 Å². The number of allylic oxidation sites excluding steroid dienone is 1. The zero-order valence-electron chi connectivity index (χ0n) is 14.0. The summed E-state index contributed by atoms with van der Waals surface area (Å²) in [6.45, 7) is 5.00. The number of hydrogen-bond donors (Lipinski definition) is 2. The van der Waals surface area contributed by atoms with Gasteiger partial charge >= 0.3 is 5.97 Å². The standard InChI is InChI=1S/C18H17N3O4/c1-9(2)24-16(22)14-10(3)21-17(23)18(14)11-6-4-5-7-13(11)25-15(20)12(18)8-19/h4-7,9H,20H2,1-3H3,(H,21,23). The number of esters is 1. The largest absolute Gasteiger partial charge is 0.460 e. The normalized spacial score (nSPS) is 21.8. The Balaban J connectivity index is 2.35. The first-order valence-electron chi connectivity index (χ1n) is 7.75. The second-order valence-electron chi connectivity index (χ2n) is 6.11. The summed E-state index contributed by atoms with van der Waals surface area (Å²) in [5.41, 5.74) is 4.87. The number of ether oxygens (including phenoxy) is 2. The molecule has 0 aromatic heterocycles. The van der Waals surface area contributed by atoms with Crippen molar-refractivity contribution in [2.45, 2.75) is 32.3 Å². The van der Waals surface area contributed by atoms with Gasteiger partial charge in [-0.15, -0.1) is 0 Å². The molecule has 0 aliphatic carbocycles. The van der Waals surface area contributed by atoms with E-state index in [0.29, 0.717) is 17.0 Å². The van der Waals surface area contributed by atoms with Crippen LogP contribution in [0.15, 0.2) is 47.0 Å². The summed E-state index contributed by atoms with van der Waals surface area (Å²) in [6, 6.07) is 8.63. The van der Waals surface area contributed by atoms with Gasteiger partial charge in [0.2, 0.25) is 11.8 Å². The first-order chi connectivity index (χ1) is 11.8. The SMILES string of the molecule is CC1=C(C(=O)OC(C)C)C2(C(=O)N1)C(C#N)=C(N)Oc1ccccc12. The number of benzene rings is 1. The van der Waals surface area contributed by atoms with Crippen LogP contribution >= 0.6 is 0 Å². The molecule has 1 aromatic carbocycles. The number of rotatable bonds is 2. The van der Waals surface area contributed by atoms with Crippen LogP contribution in [0.5, 0.6) is 5.75 Å². The van der Waals surface area contributed by atoms with E-state index in [-0.39, 0.29) is 23.1 Å². The molecule has 0 saturated carbocycles. The van der Waals surface area contributed by atoms with E-state index < -0.39 is 17.3 Å². The Hall–Kier alpha value is -3.27. The fraction of sp³-hybridized carbons (Fsp3) is 0.278. The number of carbonyl (C=O) groups is 2. The predicted molar refractivity (Wildman–Crippen MR) is 87.6 cm³/mol. The second-order valence-corrected chi connectivity index (χ2v) is 6.11. The van der Waals surface area contributed by atoms with Gasteiger partial charge in [-0.25, -0.2) is 4.79 Å². The molecular weight excluding hydrogens is 322 g/mol. The molecule has 25 heavy (non-hydrogen) atoms. The first-order valence-corrected chi connectivity index (χ1v) is 7.75. The van der Waals surface area contributed by atoms with Gasteiger partial charge in [0.25, 0.3) is 0 Å². The molecule has 1 atom stereocenters. The maximum absolute atomic E-state index is 13.0. The quantitative estimate of drug-likeness (QED) is 0.787. The second kappa shape index (κ2) is 5.67. The van der Waals surface area contributed by atoms with Crippen molar-refractivity contribution in [2.75, 3.05) is 0 Å². The molecule has 1 amide bonds. The Labute approximate surface area is 144 Å². The minimum atomic E-state index is -1.68. The number of hydrogen-bond acceptors (Lipinski definition) is 6. The van der Waals surface area contributed by atoms with Gasteiger partial charge in [0, 0.05) is 11.3 Å². The zero-order chi connectivity index (χ0) is 18.4. The van der Waals surface area contributed by atoms with E-state index in [2.05, 4.69) is 5.32 Å². The maximum Gasteiger partial charge on any atom is 0.337 e. The van der Waals surface area contributed by atoms with Crippen LogP contribution in [0.25, 0.3) is 0 Å². The Morgan fingerprint density at radius 2 is 2.08 bits per heavy atom. The molecule has 0 bridgehead atoms. The average Bonchev–Trinajstić information content (AvgIpc) is 2.78. The van der Waals surface area contributed by atoms with Crippen LogP contribution < -0.4 is 15.8 Å². The van der Waals surface area contributed by atoms with Gasteiger partial charge in [-0.3, -0.25) is 4.79 Å². The van der Waals surface area contributed by atoms with Crippen LogP contribution in [-0.2, 0) is 19.7 Å². The lowest BCUT2D eigenvalue weighted by Gasteiger charge is -2.34. The van der Waals surface area contributed by atoms with Gasteiger partial charge in [-0.05, 0) is 26.8 Å². The molecule has 0 radical (unpaired) electrons. The molecule has 3 N–H and O–H groups in total. The minimum absolute atomic E-state index is 0.0569. The number of carbonyl (C=O) groups excluding carboxylic acids is 2. The third-order valence-electron chi connectivity index (χ3n) is 4.18. The van der Waals surface area contributed by atoms with Gasteiger partial charge in [0.05, 0.1) is 11.7 Å². The number of nitrogens with two attached hydrogens (primary N) is 1. The number of para-hydroxylation sites is 1. The summed E-state index contributed by atoms with van der Waals surface area (Å²) in [7, 11) is 0. The highest BCUT2D eigenvalue weighted by molar-refractivity contribution is 6.12. The minimum Gasteiger partial charge on any atom is -0.460 e. The van der Waals surface area contributed by atoms with Crippen molar-refractivity contribution < 1.29 is 19.1 Å². The smallest absolute Gasteiger partial charge is 0.337 e. The van der Waals surface area contributed by atoms with Crippen molar-refractivity contribution in [3.63, 3.8) is 0 Å². The molecule has 2 aliphatic rings. The highest BCUT2D eigenvalue weighted by Crippen LogP contribution is 2.51. The zero-order valence-corrected chi connectivity index (χ0v) is 14.0. The van der Waals surface area contributed by atoms with E-state index in [9.17, 15) is 14.9 Å². The number of nitriles is 1. The maximum atomic E-state index is 13.0. The van der Waals surface area contributed by atoms with Crippen LogP contribution in [-0.4, -0.2) is 18.0 Å². The summed E-state index contributed by atoms with van der Waals surface area (Å²) in [6.07, 6.45) is -0.387. The van der Waals surface area contributed by atoms with Crippen molar-refractivity contribution in [2.24, 2.45) is 5.73 Å².